The number of rotatable bonds is 8. The summed E-state index contributed by atoms with van der Waals surface area (Å²) in [5.41, 5.74) is 9.28. The number of nitrogen functional groups attached to an aromatic ring is 1. The van der Waals surface area contributed by atoms with Gasteiger partial charge in [0.25, 0.3) is 0 Å². The van der Waals surface area contributed by atoms with Crippen LogP contribution in [0.3, 0.4) is 0 Å². The maximum Gasteiger partial charge on any atom is 0.144 e. The third-order valence-electron chi connectivity index (χ3n) is 5.28. The molecule has 2 unspecified atom stereocenters. The zero-order valence-electron chi connectivity index (χ0n) is 15.4. The van der Waals surface area contributed by atoms with Gasteiger partial charge in [0.15, 0.2) is 0 Å². The second-order valence-electron chi connectivity index (χ2n) is 7.45. The number of anilines is 2. The number of nitrogens with two attached hydrogens (primary N) is 1. The summed E-state index contributed by atoms with van der Waals surface area (Å²) < 4.78 is 0. The molecule has 0 saturated carbocycles. The summed E-state index contributed by atoms with van der Waals surface area (Å²) in [6, 6.07) is 14.9. The summed E-state index contributed by atoms with van der Waals surface area (Å²) in [5, 5.41) is 13.0. The van der Waals surface area contributed by atoms with E-state index in [1.165, 1.54) is 0 Å². The van der Waals surface area contributed by atoms with E-state index in [-0.39, 0.29) is 18.1 Å². The number of aryl methyl sites for hydroxylation is 1. The predicted octanol–water partition coefficient (Wildman–Crippen LogP) is 2.83. The fourth-order valence-corrected chi connectivity index (χ4v) is 3.90. The van der Waals surface area contributed by atoms with Crippen LogP contribution >= 0.6 is 11.6 Å². The molecule has 3 rings (SSSR count). The second-order valence-corrected chi connectivity index (χ2v) is 7.71. The summed E-state index contributed by atoms with van der Waals surface area (Å²) in [6.07, 6.45) is 0.927. The molecule has 1 aliphatic heterocycles. The molecule has 0 aromatic heterocycles. The number of halogens is 1. The number of carbonyl (C=O) groups is 1. The fraction of sp³-hybridized carbons (Fsp3) is 0.381. The summed E-state index contributed by atoms with van der Waals surface area (Å²) in [6.45, 7) is 3.36. The Bertz CT molecular complexity index is 769. The topological polar surface area (TPSA) is 78.6 Å². The average molecular weight is 388 g/mol. The molecule has 2 aromatic rings. The van der Waals surface area contributed by atoms with Gasteiger partial charge in [-0.05, 0) is 24.6 Å². The number of nitrogens with one attached hydrogen (secondary N) is 1. The van der Waals surface area contributed by atoms with Gasteiger partial charge in [0.2, 0.25) is 0 Å². The van der Waals surface area contributed by atoms with Crippen molar-refractivity contribution in [3.8, 4) is 0 Å². The number of alkyl halides is 1. The molecular formula is C21H26ClN3O2. The normalized spacial score (nSPS) is 18.3. The summed E-state index contributed by atoms with van der Waals surface area (Å²) in [5.74, 6) is 0.394. The lowest BCUT2D eigenvalue weighted by molar-refractivity contribution is -0.112. The van der Waals surface area contributed by atoms with Crippen LogP contribution in [0.5, 0.6) is 0 Å². The predicted molar refractivity (Wildman–Crippen MR) is 110 cm³/mol. The van der Waals surface area contributed by atoms with Gasteiger partial charge in [0.1, 0.15) is 12.3 Å². The smallest absolute Gasteiger partial charge is 0.144 e. The van der Waals surface area contributed by atoms with Crippen LogP contribution in [0.25, 0.3) is 0 Å². The quantitative estimate of drug-likeness (QED) is 0.369. The maximum atomic E-state index is 12.0. The number of likely N-dealkylation sites (tertiary alicyclic amines) is 1. The Labute approximate surface area is 165 Å². The van der Waals surface area contributed by atoms with Crippen molar-refractivity contribution in [3.05, 3.63) is 59.7 Å². The van der Waals surface area contributed by atoms with Crippen LogP contribution in [0.2, 0.25) is 0 Å². The van der Waals surface area contributed by atoms with Crippen LogP contribution in [0, 0.1) is 12.3 Å². The van der Waals surface area contributed by atoms with Crippen molar-refractivity contribution in [3.63, 3.8) is 0 Å². The molecule has 0 amide bonds. The van der Waals surface area contributed by atoms with Crippen molar-refractivity contribution >= 4 is 29.3 Å². The van der Waals surface area contributed by atoms with Crippen molar-refractivity contribution in [1.29, 1.82) is 0 Å². The van der Waals surface area contributed by atoms with Crippen LogP contribution in [-0.4, -0.2) is 47.9 Å². The Morgan fingerprint density at radius 1 is 1.26 bits per heavy atom. The molecule has 0 spiro atoms. The van der Waals surface area contributed by atoms with Crippen molar-refractivity contribution in [2.45, 2.75) is 19.0 Å². The number of carbonyl (C=O) groups excluding carboxylic acids is 1. The molecule has 5 nitrogen and oxygen atoms in total. The van der Waals surface area contributed by atoms with Gasteiger partial charge >= 0.3 is 0 Å². The lowest BCUT2D eigenvalue weighted by Crippen LogP contribution is -2.62. The molecule has 1 fully saturated rings. The van der Waals surface area contributed by atoms with Gasteiger partial charge in [-0.3, -0.25) is 4.90 Å². The number of para-hydroxylation sites is 2. The number of hydrogen-bond acceptors (Lipinski definition) is 5. The first-order chi connectivity index (χ1) is 13.0. The standard InChI is InChI=1S/C21H26ClN3O2/c1-15-6-8-16(9-7-15)20(25-12-21(11-22,13-25)14-27)19(10-26)24-18-5-3-2-4-17(18)23/h2-10,19-20,24,27H,11-14,23H2,1H3. The third-order valence-corrected chi connectivity index (χ3v) is 5.84. The van der Waals surface area contributed by atoms with E-state index in [1.807, 2.05) is 49.4 Å². The Morgan fingerprint density at radius 3 is 2.48 bits per heavy atom. The van der Waals surface area contributed by atoms with E-state index in [1.54, 1.807) is 6.07 Å². The van der Waals surface area contributed by atoms with Gasteiger partial charge in [-0.15, -0.1) is 11.6 Å². The number of hydrogen-bond donors (Lipinski definition) is 3. The lowest BCUT2D eigenvalue weighted by Gasteiger charge is -2.53. The van der Waals surface area contributed by atoms with Crippen molar-refractivity contribution in [1.82, 2.24) is 4.90 Å². The Morgan fingerprint density at radius 2 is 1.93 bits per heavy atom. The Hall–Kier alpha value is -2.08. The van der Waals surface area contributed by atoms with E-state index in [4.69, 9.17) is 17.3 Å². The minimum Gasteiger partial charge on any atom is -0.397 e. The monoisotopic (exact) mass is 387 g/mol. The van der Waals surface area contributed by atoms with Gasteiger partial charge in [-0.25, -0.2) is 0 Å². The molecule has 6 heteroatoms. The van der Waals surface area contributed by atoms with Crippen LogP contribution in [0.1, 0.15) is 17.2 Å². The number of aliphatic hydroxyl groups is 1. The summed E-state index contributed by atoms with van der Waals surface area (Å²) >= 11 is 6.07. The van der Waals surface area contributed by atoms with E-state index in [9.17, 15) is 9.90 Å². The van der Waals surface area contributed by atoms with Gasteiger partial charge in [-0.2, -0.15) is 0 Å². The molecule has 1 heterocycles. The number of aldehydes is 1. The molecule has 1 aliphatic rings. The minimum absolute atomic E-state index is 0.0401. The first kappa shape index (κ1) is 19.7. The molecule has 0 bridgehead atoms. The van der Waals surface area contributed by atoms with Crippen LogP contribution in [0.4, 0.5) is 11.4 Å². The molecular weight excluding hydrogens is 362 g/mol. The van der Waals surface area contributed by atoms with E-state index >= 15 is 0 Å². The molecule has 2 aromatic carbocycles. The molecule has 27 heavy (non-hydrogen) atoms. The summed E-state index contributed by atoms with van der Waals surface area (Å²) in [4.78, 5) is 14.2. The van der Waals surface area contributed by atoms with Gasteiger partial charge in [0.05, 0.1) is 24.0 Å². The molecule has 0 radical (unpaired) electrons. The van der Waals surface area contributed by atoms with Crippen molar-refractivity contribution in [2.24, 2.45) is 5.41 Å². The SMILES string of the molecule is Cc1ccc(C(C(C=O)Nc2ccccc2N)N2CC(CO)(CCl)C2)cc1. The lowest BCUT2D eigenvalue weighted by atomic mass is 9.79. The molecule has 144 valence electrons. The van der Waals surface area contributed by atoms with E-state index in [0.717, 1.165) is 23.1 Å². The largest absolute Gasteiger partial charge is 0.397 e. The number of benzene rings is 2. The number of nitrogens with zero attached hydrogens (tertiary/aromatic N) is 1. The molecule has 4 N–H and O–H groups in total. The fourth-order valence-electron chi connectivity index (χ4n) is 3.64. The van der Waals surface area contributed by atoms with Crippen LogP contribution in [0.15, 0.2) is 48.5 Å². The van der Waals surface area contributed by atoms with Crippen LogP contribution < -0.4 is 11.1 Å². The minimum atomic E-state index is -0.482. The van der Waals surface area contributed by atoms with Crippen LogP contribution in [-0.2, 0) is 4.79 Å². The highest BCUT2D eigenvalue weighted by atomic mass is 35.5. The first-order valence-corrected chi connectivity index (χ1v) is 9.59. The Balaban J connectivity index is 1.89. The molecule has 2 atom stereocenters. The van der Waals surface area contributed by atoms with Crippen molar-refractivity contribution < 1.29 is 9.90 Å². The van der Waals surface area contributed by atoms with Gasteiger partial charge in [-0.1, -0.05) is 42.0 Å². The van der Waals surface area contributed by atoms with Gasteiger partial charge < -0.3 is 21.0 Å². The maximum absolute atomic E-state index is 12.0. The highest BCUT2D eigenvalue weighted by molar-refractivity contribution is 6.18. The second kappa shape index (κ2) is 8.30. The van der Waals surface area contributed by atoms with Gasteiger partial charge in [0, 0.05) is 24.4 Å². The van der Waals surface area contributed by atoms with E-state index < -0.39 is 6.04 Å². The molecule has 0 aliphatic carbocycles. The van der Waals surface area contributed by atoms with E-state index in [0.29, 0.717) is 24.7 Å². The Kier molecular flexibility index (Phi) is 6.05. The summed E-state index contributed by atoms with van der Waals surface area (Å²) in [7, 11) is 0. The highest BCUT2D eigenvalue weighted by Gasteiger charge is 2.46. The third kappa shape index (κ3) is 4.10. The zero-order chi connectivity index (χ0) is 19.4. The number of aliphatic hydroxyl groups excluding tert-OH is 1. The zero-order valence-corrected chi connectivity index (χ0v) is 16.2. The first-order valence-electron chi connectivity index (χ1n) is 9.06. The van der Waals surface area contributed by atoms with E-state index in [2.05, 4.69) is 10.2 Å². The average Bonchev–Trinajstić information content (AvgIpc) is 2.65. The highest BCUT2D eigenvalue weighted by Crippen LogP contribution is 2.39. The molecule has 1 saturated heterocycles. The van der Waals surface area contributed by atoms with Crippen molar-refractivity contribution in [2.75, 3.05) is 36.6 Å².